The predicted octanol–water partition coefficient (Wildman–Crippen LogP) is 1.60. The molecule has 1 N–H and O–H groups in total. The van der Waals surface area contributed by atoms with E-state index in [9.17, 15) is 4.79 Å². The molecule has 1 aromatic heterocycles. The number of hydrogen-bond acceptors (Lipinski definition) is 4. The quantitative estimate of drug-likeness (QED) is 0.789. The summed E-state index contributed by atoms with van der Waals surface area (Å²) in [5.74, 6) is -0.875. The van der Waals surface area contributed by atoms with Gasteiger partial charge in [-0.05, 0) is 25.1 Å². The first-order valence-corrected chi connectivity index (χ1v) is 4.89. The Balaban J connectivity index is 2.16. The molecule has 2 rings (SSSR count). The van der Waals surface area contributed by atoms with Gasteiger partial charge >= 0.3 is 5.97 Å². The molecule has 1 aliphatic heterocycles. The van der Waals surface area contributed by atoms with Crippen molar-refractivity contribution in [1.82, 2.24) is 0 Å². The summed E-state index contributed by atoms with van der Waals surface area (Å²) in [5.41, 5.74) is 0. The van der Waals surface area contributed by atoms with E-state index in [0.29, 0.717) is 24.7 Å². The molecule has 5 nitrogen and oxygen atoms in total. The molecule has 0 atom stereocenters. The first-order chi connectivity index (χ1) is 7.60. The van der Waals surface area contributed by atoms with Crippen molar-refractivity contribution in [2.75, 3.05) is 13.2 Å². The normalized spacial score (nSPS) is 19.3. The molecule has 1 aromatic rings. The second-order valence-corrected chi connectivity index (χ2v) is 3.52. The third kappa shape index (κ3) is 2.15. The number of aliphatic carboxylic acids is 1. The van der Waals surface area contributed by atoms with Gasteiger partial charge in [0.15, 0.2) is 5.76 Å². The Labute approximate surface area is 92.3 Å². The van der Waals surface area contributed by atoms with E-state index in [0.717, 1.165) is 6.08 Å². The maximum absolute atomic E-state index is 10.3. The van der Waals surface area contributed by atoms with Gasteiger partial charge in [0.25, 0.3) is 0 Å². The lowest BCUT2D eigenvalue weighted by molar-refractivity contribution is -0.162. The molecule has 5 heteroatoms. The van der Waals surface area contributed by atoms with E-state index in [2.05, 4.69) is 0 Å². The van der Waals surface area contributed by atoms with E-state index in [4.69, 9.17) is 19.0 Å². The zero-order valence-electron chi connectivity index (χ0n) is 8.80. The molecule has 86 valence electrons. The lowest BCUT2D eigenvalue weighted by atomic mass is 10.2. The van der Waals surface area contributed by atoms with Crippen LogP contribution in [0.2, 0.25) is 0 Å². The lowest BCUT2D eigenvalue weighted by Gasteiger charge is -2.18. The fourth-order valence-electron chi connectivity index (χ4n) is 1.50. The van der Waals surface area contributed by atoms with Crippen molar-refractivity contribution in [2.45, 2.75) is 12.7 Å². The van der Waals surface area contributed by atoms with Crippen molar-refractivity contribution in [1.29, 1.82) is 0 Å². The molecule has 0 amide bonds. The molecule has 1 fully saturated rings. The third-order valence-electron chi connectivity index (χ3n) is 2.30. The second-order valence-electron chi connectivity index (χ2n) is 3.52. The summed E-state index contributed by atoms with van der Waals surface area (Å²) in [7, 11) is 0. The summed E-state index contributed by atoms with van der Waals surface area (Å²) in [6.45, 7) is 2.82. The van der Waals surface area contributed by atoms with Crippen molar-refractivity contribution in [2.24, 2.45) is 0 Å². The van der Waals surface area contributed by atoms with Crippen LogP contribution in [0.1, 0.15) is 18.4 Å². The number of furan rings is 1. The standard InChI is InChI=1S/C11H12O5/c1-11(14-6-7-15-11)9-4-2-8(16-9)3-5-10(12)13/h2-5H,6-7H2,1H3,(H,12,13)/b5-3+. The average Bonchev–Trinajstić information content (AvgIpc) is 2.84. The number of ether oxygens (including phenoxy) is 2. The summed E-state index contributed by atoms with van der Waals surface area (Å²) in [4.78, 5) is 10.3. The van der Waals surface area contributed by atoms with Gasteiger partial charge in [0.05, 0.1) is 13.2 Å². The minimum atomic E-state index is -1.02. The van der Waals surface area contributed by atoms with Crippen LogP contribution in [-0.2, 0) is 20.1 Å². The first kappa shape index (κ1) is 10.9. The van der Waals surface area contributed by atoms with Crippen LogP contribution in [0.15, 0.2) is 22.6 Å². The topological polar surface area (TPSA) is 68.9 Å². The molecular weight excluding hydrogens is 212 g/mol. The Morgan fingerprint density at radius 2 is 2.12 bits per heavy atom. The fraction of sp³-hybridized carbons (Fsp3) is 0.364. The molecule has 0 aromatic carbocycles. The van der Waals surface area contributed by atoms with E-state index in [1.165, 1.54) is 6.08 Å². The van der Waals surface area contributed by atoms with Crippen LogP contribution in [0.5, 0.6) is 0 Å². The molecule has 0 aliphatic carbocycles. The number of rotatable bonds is 3. The van der Waals surface area contributed by atoms with E-state index in [-0.39, 0.29) is 0 Å². The van der Waals surface area contributed by atoms with Crippen LogP contribution in [0.4, 0.5) is 0 Å². The molecule has 0 spiro atoms. The Bertz CT molecular complexity index is 412. The number of carboxylic acids is 1. The number of carboxylic acid groups (broad SMARTS) is 1. The predicted molar refractivity (Wildman–Crippen MR) is 54.6 cm³/mol. The average molecular weight is 224 g/mol. The summed E-state index contributed by atoms with van der Waals surface area (Å²) < 4.78 is 16.2. The lowest BCUT2D eigenvalue weighted by Crippen LogP contribution is -2.21. The van der Waals surface area contributed by atoms with Gasteiger partial charge in [0.1, 0.15) is 5.76 Å². The van der Waals surface area contributed by atoms with E-state index in [1.54, 1.807) is 19.1 Å². The molecule has 0 radical (unpaired) electrons. The molecule has 0 bridgehead atoms. The second kappa shape index (κ2) is 4.11. The summed E-state index contributed by atoms with van der Waals surface area (Å²) in [5, 5.41) is 8.47. The van der Waals surface area contributed by atoms with Crippen molar-refractivity contribution in [3.8, 4) is 0 Å². The van der Waals surface area contributed by atoms with Crippen molar-refractivity contribution in [3.63, 3.8) is 0 Å². The minimum Gasteiger partial charge on any atom is -0.478 e. The molecule has 16 heavy (non-hydrogen) atoms. The third-order valence-corrected chi connectivity index (χ3v) is 2.30. The molecule has 0 unspecified atom stereocenters. The zero-order chi connectivity index (χ0) is 11.6. The molecule has 1 saturated heterocycles. The maximum Gasteiger partial charge on any atom is 0.328 e. The highest BCUT2D eigenvalue weighted by Gasteiger charge is 2.36. The van der Waals surface area contributed by atoms with Crippen LogP contribution in [0.25, 0.3) is 6.08 Å². The zero-order valence-corrected chi connectivity index (χ0v) is 8.80. The maximum atomic E-state index is 10.3. The molecule has 2 heterocycles. The van der Waals surface area contributed by atoms with Crippen molar-refractivity contribution in [3.05, 3.63) is 29.7 Å². The van der Waals surface area contributed by atoms with E-state index < -0.39 is 11.8 Å². The van der Waals surface area contributed by atoms with Gasteiger partial charge in [-0.15, -0.1) is 0 Å². The summed E-state index contributed by atoms with van der Waals surface area (Å²) in [6.07, 6.45) is 2.39. The highest BCUT2D eigenvalue weighted by molar-refractivity contribution is 5.84. The Kier molecular flexibility index (Phi) is 2.80. The monoisotopic (exact) mass is 224 g/mol. The highest BCUT2D eigenvalue weighted by Crippen LogP contribution is 2.32. The van der Waals surface area contributed by atoms with E-state index >= 15 is 0 Å². The first-order valence-electron chi connectivity index (χ1n) is 4.89. The van der Waals surface area contributed by atoms with Crippen LogP contribution in [0.3, 0.4) is 0 Å². The van der Waals surface area contributed by atoms with Gasteiger partial charge in [-0.25, -0.2) is 4.79 Å². The molecular formula is C11H12O5. The Hall–Kier alpha value is -1.59. The molecule has 0 saturated carbocycles. The van der Waals surface area contributed by atoms with Gasteiger partial charge in [-0.2, -0.15) is 0 Å². The fourth-order valence-corrected chi connectivity index (χ4v) is 1.50. The van der Waals surface area contributed by atoms with Gasteiger partial charge < -0.3 is 19.0 Å². The number of carbonyl (C=O) groups is 1. The van der Waals surface area contributed by atoms with Gasteiger partial charge in [0.2, 0.25) is 5.79 Å². The van der Waals surface area contributed by atoms with Crippen molar-refractivity contribution < 1.29 is 23.8 Å². The smallest absolute Gasteiger partial charge is 0.328 e. The van der Waals surface area contributed by atoms with Gasteiger partial charge in [0, 0.05) is 6.08 Å². The minimum absolute atomic E-state index is 0.456. The van der Waals surface area contributed by atoms with Gasteiger partial charge in [-0.3, -0.25) is 0 Å². The number of hydrogen-bond donors (Lipinski definition) is 1. The molecule has 1 aliphatic rings. The van der Waals surface area contributed by atoms with Crippen LogP contribution in [-0.4, -0.2) is 24.3 Å². The van der Waals surface area contributed by atoms with Crippen LogP contribution < -0.4 is 0 Å². The summed E-state index contributed by atoms with van der Waals surface area (Å²) >= 11 is 0. The summed E-state index contributed by atoms with van der Waals surface area (Å²) in [6, 6.07) is 3.39. The largest absolute Gasteiger partial charge is 0.478 e. The Morgan fingerprint density at radius 3 is 2.75 bits per heavy atom. The van der Waals surface area contributed by atoms with Crippen LogP contribution in [0, 0.1) is 0 Å². The van der Waals surface area contributed by atoms with Gasteiger partial charge in [-0.1, -0.05) is 0 Å². The Morgan fingerprint density at radius 1 is 1.44 bits per heavy atom. The SMILES string of the molecule is CC1(c2ccc(/C=C/C(=O)O)o2)OCCO1. The van der Waals surface area contributed by atoms with E-state index in [1.807, 2.05) is 0 Å². The van der Waals surface area contributed by atoms with Crippen LogP contribution >= 0.6 is 0 Å². The highest BCUT2D eigenvalue weighted by atomic mass is 16.7. The van der Waals surface area contributed by atoms with Crippen molar-refractivity contribution >= 4 is 12.0 Å².